The number of benzene rings is 2. The van der Waals surface area contributed by atoms with Crippen LogP contribution in [0.15, 0.2) is 72.9 Å². The van der Waals surface area contributed by atoms with Crippen molar-refractivity contribution in [2.45, 2.75) is 39.9 Å². The van der Waals surface area contributed by atoms with Gasteiger partial charge in [0.05, 0.1) is 6.54 Å². The average Bonchev–Trinajstić information content (AvgIpc) is 3.17. The van der Waals surface area contributed by atoms with Crippen molar-refractivity contribution in [3.8, 4) is 0 Å². The van der Waals surface area contributed by atoms with Crippen molar-refractivity contribution < 1.29 is 9.59 Å². The predicted molar refractivity (Wildman–Crippen MR) is 128 cm³/mol. The zero-order valence-electron chi connectivity index (χ0n) is 19.3. The summed E-state index contributed by atoms with van der Waals surface area (Å²) < 4.78 is 2.01. The van der Waals surface area contributed by atoms with Gasteiger partial charge in [-0.1, -0.05) is 48.0 Å². The molecule has 3 aromatic rings. The summed E-state index contributed by atoms with van der Waals surface area (Å²) in [5, 5.41) is 2.91. The molecule has 0 aliphatic heterocycles. The number of carbonyl (C=O) groups is 2. The minimum atomic E-state index is -0.282. The van der Waals surface area contributed by atoms with Gasteiger partial charge < -0.3 is 19.7 Å². The van der Waals surface area contributed by atoms with Gasteiger partial charge in [0.2, 0.25) is 5.91 Å². The molecule has 3 rings (SSSR count). The molecule has 1 heterocycles. The number of urea groups is 1. The highest BCUT2D eigenvalue weighted by Gasteiger charge is 2.24. The van der Waals surface area contributed by atoms with Crippen LogP contribution in [-0.2, 0) is 24.9 Å². The van der Waals surface area contributed by atoms with Crippen LogP contribution in [-0.4, -0.2) is 38.9 Å². The smallest absolute Gasteiger partial charge is 0.322 e. The molecule has 0 unspecified atom stereocenters. The number of rotatable bonds is 8. The summed E-state index contributed by atoms with van der Waals surface area (Å²) in [5.74, 6) is -0.0946. The van der Waals surface area contributed by atoms with Crippen molar-refractivity contribution in [1.29, 1.82) is 0 Å². The van der Waals surface area contributed by atoms with Crippen LogP contribution in [0, 0.1) is 6.92 Å². The lowest BCUT2D eigenvalue weighted by molar-refractivity contribution is -0.133. The van der Waals surface area contributed by atoms with E-state index in [0.717, 1.165) is 16.8 Å². The Morgan fingerprint density at radius 3 is 2.22 bits per heavy atom. The lowest BCUT2D eigenvalue weighted by Crippen LogP contribution is -2.47. The first kappa shape index (κ1) is 23.1. The SMILES string of the molecule is Cc1ccc(NC(=O)N(CC(=O)N(Cc2ccccc2)Cc2cccn2C)C(C)C)cc1. The van der Waals surface area contributed by atoms with Gasteiger partial charge in [0.15, 0.2) is 0 Å². The van der Waals surface area contributed by atoms with Crippen LogP contribution in [0.5, 0.6) is 0 Å². The Morgan fingerprint density at radius 2 is 1.62 bits per heavy atom. The number of amides is 3. The third-order valence-electron chi connectivity index (χ3n) is 5.47. The minimum Gasteiger partial charge on any atom is -0.353 e. The quantitative estimate of drug-likeness (QED) is 0.556. The predicted octanol–water partition coefficient (Wildman–Crippen LogP) is 4.80. The molecule has 0 saturated heterocycles. The molecule has 6 heteroatoms. The Bertz CT molecular complexity index is 1030. The molecule has 0 radical (unpaired) electrons. The fourth-order valence-corrected chi connectivity index (χ4v) is 3.46. The largest absolute Gasteiger partial charge is 0.353 e. The van der Waals surface area contributed by atoms with Gasteiger partial charge in [-0.15, -0.1) is 0 Å². The molecule has 0 atom stereocenters. The van der Waals surface area contributed by atoms with E-state index in [1.165, 1.54) is 0 Å². The summed E-state index contributed by atoms with van der Waals surface area (Å²) in [6.45, 7) is 6.80. The first-order chi connectivity index (χ1) is 15.3. The number of nitrogens with zero attached hydrogens (tertiary/aromatic N) is 3. The maximum atomic E-state index is 13.4. The topological polar surface area (TPSA) is 57.6 Å². The monoisotopic (exact) mass is 432 g/mol. The first-order valence-electron chi connectivity index (χ1n) is 10.9. The Hall–Kier alpha value is -3.54. The lowest BCUT2D eigenvalue weighted by Gasteiger charge is -2.30. The Kier molecular flexibility index (Phi) is 7.71. The van der Waals surface area contributed by atoms with E-state index in [0.29, 0.717) is 18.8 Å². The van der Waals surface area contributed by atoms with E-state index in [2.05, 4.69) is 5.32 Å². The van der Waals surface area contributed by atoms with Gasteiger partial charge in [0.1, 0.15) is 6.54 Å². The molecule has 0 bridgehead atoms. The van der Waals surface area contributed by atoms with E-state index >= 15 is 0 Å². The third-order valence-corrected chi connectivity index (χ3v) is 5.47. The van der Waals surface area contributed by atoms with Crippen molar-refractivity contribution in [2.75, 3.05) is 11.9 Å². The van der Waals surface area contributed by atoms with E-state index in [-0.39, 0.29) is 24.5 Å². The highest BCUT2D eigenvalue weighted by molar-refractivity contribution is 5.92. The van der Waals surface area contributed by atoms with Crippen LogP contribution in [0.3, 0.4) is 0 Å². The normalized spacial score (nSPS) is 10.8. The van der Waals surface area contributed by atoms with Crippen LogP contribution in [0.4, 0.5) is 10.5 Å². The lowest BCUT2D eigenvalue weighted by atomic mass is 10.2. The maximum absolute atomic E-state index is 13.4. The number of nitrogens with one attached hydrogen (secondary N) is 1. The van der Waals surface area contributed by atoms with Crippen LogP contribution < -0.4 is 5.32 Å². The van der Waals surface area contributed by atoms with Crippen LogP contribution in [0.1, 0.15) is 30.7 Å². The van der Waals surface area contributed by atoms with Gasteiger partial charge in [0, 0.05) is 37.2 Å². The molecule has 0 spiro atoms. The van der Waals surface area contributed by atoms with Crippen molar-refractivity contribution in [3.05, 3.63) is 89.7 Å². The summed E-state index contributed by atoms with van der Waals surface area (Å²) in [7, 11) is 1.97. The molecule has 0 aliphatic rings. The average molecular weight is 433 g/mol. The molecule has 168 valence electrons. The van der Waals surface area contributed by atoms with E-state index in [1.807, 2.05) is 105 Å². The van der Waals surface area contributed by atoms with Gasteiger partial charge in [-0.2, -0.15) is 0 Å². The highest BCUT2D eigenvalue weighted by atomic mass is 16.2. The van der Waals surface area contributed by atoms with E-state index in [9.17, 15) is 9.59 Å². The number of hydrogen-bond donors (Lipinski definition) is 1. The van der Waals surface area contributed by atoms with Crippen molar-refractivity contribution in [1.82, 2.24) is 14.4 Å². The summed E-state index contributed by atoms with van der Waals surface area (Å²) in [4.78, 5) is 29.7. The maximum Gasteiger partial charge on any atom is 0.322 e. The molecule has 6 nitrogen and oxygen atoms in total. The van der Waals surface area contributed by atoms with Crippen LogP contribution in [0.2, 0.25) is 0 Å². The zero-order chi connectivity index (χ0) is 23.1. The molecule has 1 aromatic heterocycles. The molecule has 3 amide bonds. The second-order valence-electron chi connectivity index (χ2n) is 8.36. The van der Waals surface area contributed by atoms with Gasteiger partial charge in [-0.3, -0.25) is 4.79 Å². The van der Waals surface area contributed by atoms with E-state index in [1.54, 1.807) is 9.80 Å². The van der Waals surface area contributed by atoms with Crippen LogP contribution >= 0.6 is 0 Å². The fourth-order valence-electron chi connectivity index (χ4n) is 3.46. The summed E-state index contributed by atoms with van der Waals surface area (Å²) in [6, 6.07) is 21.1. The molecule has 2 aromatic carbocycles. The molecule has 0 aliphatic carbocycles. The molecule has 0 fully saturated rings. The molecule has 1 N–H and O–H groups in total. The summed E-state index contributed by atoms with van der Waals surface area (Å²) in [6.07, 6.45) is 1.97. The third kappa shape index (κ3) is 6.23. The van der Waals surface area contributed by atoms with Gasteiger partial charge in [0.25, 0.3) is 0 Å². The van der Waals surface area contributed by atoms with Crippen molar-refractivity contribution >= 4 is 17.6 Å². The van der Waals surface area contributed by atoms with Gasteiger partial charge in [-0.25, -0.2) is 4.79 Å². The van der Waals surface area contributed by atoms with E-state index in [4.69, 9.17) is 0 Å². The Balaban J connectivity index is 1.75. The zero-order valence-corrected chi connectivity index (χ0v) is 19.3. The highest BCUT2D eigenvalue weighted by Crippen LogP contribution is 2.14. The first-order valence-corrected chi connectivity index (χ1v) is 10.9. The number of hydrogen-bond acceptors (Lipinski definition) is 2. The standard InChI is InChI=1S/C26H32N4O2/c1-20(2)30(26(32)27-23-14-12-21(3)13-15-23)19-25(31)29(17-22-9-6-5-7-10-22)18-24-11-8-16-28(24)4/h5-16,20H,17-19H2,1-4H3,(H,27,32). The molecular weight excluding hydrogens is 400 g/mol. The second-order valence-corrected chi connectivity index (χ2v) is 8.36. The fraction of sp³-hybridized carbons (Fsp3) is 0.308. The Morgan fingerprint density at radius 1 is 0.938 bits per heavy atom. The molecule has 32 heavy (non-hydrogen) atoms. The molecule has 0 saturated carbocycles. The minimum absolute atomic E-state index is 0.00657. The molecular formula is C26H32N4O2. The number of aryl methyl sites for hydroxylation is 2. The summed E-state index contributed by atoms with van der Waals surface area (Å²) >= 11 is 0. The van der Waals surface area contributed by atoms with Crippen LogP contribution in [0.25, 0.3) is 0 Å². The number of aromatic nitrogens is 1. The van der Waals surface area contributed by atoms with Crippen molar-refractivity contribution in [3.63, 3.8) is 0 Å². The van der Waals surface area contributed by atoms with Gasteiger partial charge in [-0.05, 0) is 50.6 Å². The van der Waals surface area contributed by atoms with Gasteiger partial charge >= 0.3 is 6.03 Å². The Labute approximate surface area is 190 Å². The number of carbonyl (C=O) groups excluding carboxylic acids is 2. The van der Waals surface area contributed by atoms with E-state index < -0.39 is 0 Å². The second kappa shape index (κ2) is 10.7. The van der Waals surface area contributed by atoms with Crippen molar-refractivity contribution in [2.24, 2.45) is 7.05 Å². The number of anilines is 1. The summed E-state index contributed by atoms with van der Waals surface area (Å²) in [5.41, 5.74) is 3.92.